The molecule has 2 rings (SSSR count). The second-order valence-electron chi connectivity index (χ2n) is 5.38. The molecule has 2 atom stereocenters. The highest BCUT2D eigenvalue weighted by molar-refractivity contribution is 7.88. The van der Waals surface area contributed by atoms with Crippen LogP contribution >= 0.6 is 11.3 Å². The predicted octanol–water partition coefficient (Wildman–Crippen LogP) is 1.02. The van der Waals surface area contributed by atoms with Crippen molar-refractivity contribution in [1.29, 1.82) is 0 Å². The molecule has 8 heteroatoms. The highest BCUT2D eigenvalue weighted by atomic mass is 32.2. The van der Waals surface area contributed by atoms with Crippen molar-refractivity contribution in [3.05, 3.63) is 16.1 Å². The van der Waals surface area contributed by atoms with Crippen LogP contribution in [0.25, 0.3) is 0 Å². The molecule has 1 fully saturated rings. The third kappa shape index (κ3) is 3.98. The first-order valence-corrected chi connectivity index (χ1v) is 9.46. The lowest BCUT2D eigenvalue weighted by molar-refractivity contribution is 0.237. The summed E-state index contributed by atoms with van der Waals surface area (Å²) in [5.74, 6) is 5.96. The van der Waals surface area contributed by atoms with E-state index in [1.54, 1.807) is 15.6 Å². The lowest BCUT2D eigenvalue weighted by atomic mass is 9.92. The van der Waals surface area contributed by atoms with Crippen LogP contribution in [0, 0.1) is 12.8 Å². The van der Waals surface area contributed by atoms with E-state index in [1.165, 1.54) is 6.26 Å². The summed E-state index contributed by atoms with van der Waals surface area (Å²) in [5, 5.41) is 3.03. The average Bonchev–Trinajstić information content (AvgIpc) is 2.82. The fourth-order valence-electron chi connectivity index (χ4n) is 2.67. The average molecular weight is 318 g/mol. The van der Waals surface area contributed by atoms with Crippen LogP contribution in [0.1, 0.15) is 36.0 Å². The third-order valence-corrected chi connectivity index (χ3v) is 5.78. The number of rotatable bonds is 5. The summed E-state index contributed by atoms with van der Waals surface area (Å²) in [6.07, 6.45) is 4.03. The molecule has 0 saturated carbocycles. The Morgan fingerprint density at radius 2 is 2.40 bits per heavy atom. The van der Waals surface area contributed by atoms with Crippen LogP contribution in [0.3, 0.4) is 0 Å². The molecule has 3 N–H and O–H groups in total. The lowest BCUT2D eigenvalue weighted by Gasteiger charge is -2.32. The Kier molecular flexibility index (Phi) is 5.14. The normalized spacial score (nSPS) is 22.9. The Balaban J connectivity index is 2.01. The van der Waals surface area contributed by atoms with Gasteiger partial charge in [0.2, 0.25) is 10.0 Å². The van der Waals surface area contributed by atoms with E-state index in [-0.39, 0.29) is 6.04 Å². The maximum Gasteiger partial charge on any atom is 0.211 e. The zero-order chi connectivity index (χ0) is 14.8. The van der Waals surface area contributed by atoms with Crippen molar-refractivity contribution in [1.82, 2.24) is 14.7 Å². The number of aromatic nitrogens is 1. The van der Waals surface area contributed by atoms with Gasteiger partial charge >= 0.3 is 0 Å². The Morgan fingerprint density at radius 1 is 1.65 bits per heavy atom. The van der Waals surface area contributed by atoms with Crippen molar-refractivity contribution in [3.8, 4) is 0 Å². The molecule has 1 aliphatic rings. The number of nitrogens with zero attached hydrogens (tertiary/aromatic N) is 2. The Labute approximate surface area is 124 Å². The summed E-state index contributed by atoms with van der Waals surface area (Å²) in [4.78, 5) is 4.46. The van der Waals surface area contributed by atoms with Gasteiger partial charge in [0, 0.05) is 18.5 Å². The largest absolute Gasteiger partial charge is 0.271 e. The van der Waals surface area contributed by atoms with Gasteiger partial charge in [-0.2, -0.15) is 0 Å². The molecule has 1 aromatic rings. The van der Waals surface area contributed by atoms with Crippen LogP contribution in [0.4, 0.5) is 0 Å². The summed E-state index contributed by atoms with van der Waals surface area (Å²) >= 11 is 1.60. The molecule has 1 aliphatic heterocycles. The van der Waals surface area contributed by atoms with Gasteiger partial charge in [0.1, 0.15) is 0 Å². The highest BCUT2D eigenvalue weighted by Gasteiger charge is 2.28. The lowest BCUT2D eigenvalue weighted by Crippen LogP contribution is -2.41. The zero-order valence-corrected chi connectivity index (χ0v) is 13.5. The molecule has 0 radical (unpaired) electrons. The van der Waals surface area contributed by atoms with Crippen molar-refractivity contribution >= 4 is 21.4 Å². The van der Waals surface area contributed by atoms with E-state index < -0.39 is 10.0 Å². The van der Waals surface area contributed by atoms with Gasteiger partial charge in [0.05, 0.1) is 23.0 Å². The molecule has 6 nitrogen and oxygen atoms in total. The molecule has 2 unspecified atom stereocenters. The smallest absolute Gasteiger partial charge is 0.211 e. The van der Waals surface area contributed by atoms with E-state index in [0.29, 0.717) is 19.0 Å². The molecule has 2 heterocycles. The summed E-state index contributed by atoms with van der Waals surface area (Å²) < 4.78 is 24.8. The van der Waals surface area contributed by atoms with Crippen molar-refractivity contribution in [3.63, 3.8) is 0 Å². The standard InChI is InChI=1S/C12H22N4O2S2/c1-9-14-12(8-19-9)11(15-13)6-10-4-3-5-16(7-10)20(2,17)18/h8,10-11,15H,3-7,13H2,1-2H3. The van der Waals surface area contributed by atoms with Crippen molar-refractivity contribution in [2.45, 2.75) is 32.2 Å². The second kappa shape index (κ2) is 6.48. The molecule has 0 aliphatic carbocycles. The number of hydrazine groups is 1. The van der Waals surface area contributed by atoms with E-state index in [9.17, 15) is 8.42 Å². The predicted molar refractivity (Wildman–Crippen MR) is 80.7 cm³/mol. The highest BCUT2D eigenvalue weighted by Crippen LogP contribution is 2.28. The minimum atomic E-state index is -3.09. The second-order valence-corrected chi connectivity index (χ2v) is 8.42. The van der Waals surface area contributed by atoms with Crippen molar-refractivity contribution < 1.29 is 8.42 Å². The number of thiazole rings is 1. The first kappa shape index (κ1) is 15.8. The van der Waals surface area contributed by atoms with Crippen LogP contribution in [0.2, 0.25) is 0 Å². The molecule has 1 aromatic heterocycles. The minimum absolute atomic E-state index is 0.00976. The number of hydrogen-bond donors (Lipinski definition) is 2. The summed E-state index contributed by atoms with van der Waals surface area (Å²) in [5.41, 5.74) is 3.76. The monoisotopic (exact) mass is 318 g/mol. The minimum Gasteiger partial charge on any atom is -0.271 e. The number of nitrogens with two attached hydrogens (primary N) is 1. The third-order valence-electron chi connectivity index (χ3n) is 3.71. The molecule has 0 aromatic carbocycles. The van der Waals surface area contributed by atoms with E-state index in [4.69, 9.17) is 5.84 Å². The molecular weight excluding hydrogens is 296 g/mol. The Morgan fingerprint density at radius 3 is 2.95 bits per heavy atom. The maximum absolute atomic E-state index is 11.6. The van der Waals surface area contributed by atoms with Crippen molar-refractivity contribution in [2.75, 3.05) is 19.3 Å². The van der Waals surface area contributed by atoms with Gasteiger partial charge in [-0.25, -0.2) is 17.7 Å². The van der Waals surface area contributed by atoms with E-state index in [1.807, 2.05) is 12.3 Å². The Hall–Kier alpha value is -0.540. The molecule has 0 bridgehead atoms. The molecular formula is C12H22N4O2S2. The Bertz CT molecular complexity index is 543. The van der Waals surface area contributed by atoms with Gasteiger partial charge in [0.25, 0.3) is 0 Å². The van der Waals surface area contributed by atoms with Crippen molar-refractivity contribution in [2.24, 2.45) is 11.8 Å². The first-order chi connectivity index (χ1) is 9.40. The zero-order valence-electron chi connectivity index (χ0n) is 11.9. The molecule has 0 amide bonds. The van der Waals surface area contributed by atoms with Gasteiger partial charge < -0.3 is 0 Å². The maximum atomic E-state index is 11.6. The van der Waals surface area contributed by atoms with Gasteiger partial charge in [0.15, 0.2) is 0 Å². The topological polar surface area (TPSA) is 88.3 Å². The molecule has 20 heavy (non-hydrogen) atoms. The van der Waals surface area contributed by atoms with E-state index in [2.05, 4.69) is 10.4 Å². The van der Waals surface area contributed by atoms with Gasteiger partial charge in [-0.05, 0) is 32.1 Å². The van der Waals surface area contributed by atoms with Crippen LogP contribution in [0.5, 0.6) is 0 Å². The fourth-order valence-corrected chi connectivity index (χ4v) is 4.28. The van der Waals surface area contributed by atoms with Gasteiger partial charge in [-0.15, -0.1) is 11.3 Å². The molecule has 0 spiro atoms. The number of nitrogens with one attached hydrogen (secondary N) is 1. The summed E-state index contributed by atoms with van der Waals surface area (Å²) in [7, 11) is -3.09. The SMILES string of the molecule is Cc1nc(C(CC2CCCN(S(C)(=O)=O)C2)NN)cs1. The quantitative estimate of drug-likeness (QED) is 0.625. The van der Waals surface area contributed by atoms with E-state index >= 15 is 0 Å². The number of piperidine rings is 1. The van der Waals surface area contributed by atoms with Crippen LogP contribution < -0.4 is 11.3 Å². The van der Waals surface area contributed by atoms with E-state index in [0.717, 1.165) is 30.0 Å². The number of hydrogen-bond acceptors (Lipinski definition) is 6. The summed E-state index contributed by atoms with van der Waals surface area (Å²) in [6.45, 7) is 3.18. The van der Waals surface area contributed by atoms with Gasteiger partial charge in [-0.1, -0.05) is 0 Å². The van der Waals surface area contributed by atoms with Crippen LogP contribution in [-0.4, -0.2) is 37.1 Å². The van der Waals surface area contributed by atoms with Gasteiger partial charge in [-0.3, -0.25) is 11.3 Å². The fraction of sp³-hybridized carbons (Fsp3) is 0.750. The van der Waals surface area contributed by atoms with Crippen LogP contribution in [0.15, 0.2) is 5.38 Å². The molecule has 1 saturated heterocycles. The number of sulfonamides is 1. The number of aryl methyl sites for hydroxylation is 1. The van der Waals surface area contributed by atoms with Crippen LogP contribution in [-0.2, 0) is 10.0 Å². The summed E-state index contributed by atoms with van der Waals surface area (Å²) in [6, 6.07) is -0.00976. The molecule has 114 valence electrons. The first-order valence-electron chi connectivity index (χ1n) is 6.73.